The smallest absolute Gasteiger partial charge is 0.220 e. The highest BCUT2D eigenvalue weighted by Crippen LogP contribution is 2.11. The lowest BCUT2D eigenvalue weighted by Crippen LogP contribution is -2.26. The molecular weight excluding hydrogens is 216 g/mol. The van der Waals surface area contributed by atoms with Crippen molar-refractivity contribution in [3.63, 3.8) is 0 Å². The topological polar surface area (TPSA) is 49.3 Å². The Kier molecular flexibility index (Phi) is 4.85. The molecule has 0 unspecified atom stereocenters. The Labute approximate surface area is 92.1 Å². The van der Waals surface area contributed by atoms with Crippen LogP contribution in [0.25, 0.3) is 0 Å². The van der Waals surface area contributed by atoms with E-state index in [0.29, 0.717) is 0 Å². The zero-order valence-corrected chi connectivity index (χ0v) is 8.67. The fourth-order valence-electron chi connectivity index (χ4n) is 1.27. The number of rotatable bonds is 5. The predicted octanol–water partition coefficient (Wildman–Crippen LogP) is 1.01. The lowest BCUT2D eigenvalue weighted by atomic mass is 10.1. The van der Waals surface area contributed by atoms with Crippen molar-refractivity contribution < 1.29 is 18.7 Å². The molecule has 0 atom stereocenters. The van der Waals surface area contributed by atoms with E-state index in [0.717, 1.165) is 18.2 Å². The van der Waals surface area contributed by atoms with Crippen molar-refractivity contribution >= 4 is 5.91 Å². The molecule has 5 heteroatoms. The standard InChI is InChI=1S/C11H13F2NO2/c12-9-2-3-10(13)8(7-9)1-4-11(16)14-5-6-15/h2-3,7,15H,1,4-6H2,(H,14,16). The van der Waals surface area contributed by atoms with Crippen LogP contribution in [0.3, 0.4) is 0 Å². The molecular formula is C11H13F2NO2. The lowest BCUT2D eigenvalue weighted by Gasteiger charge is -2.04. The second-order valence-electron chi connectivity index (χ2n) is 3.31. The maximum atomic E-state index is 13.1. The first kappa shape index (κ1) is 12.6. The fourth-order valence-corrected chi connectivity index (χ4v) is 1.27. The van der Waals surface area contributed by atoms with Crippen LogP contribution in [-0.4, -0.2) is 24.2 Å². The van der Waals surface area contributed by atoms with Gasteiger partial charge in [0.05, 0.1) is 6.61 Å². The molecule has 2 N–H and O–H groups in total. The zero-order valence-electron chi connectivity index (χ0n) is 8.67. The minimum Gasteiger partial charge on any atom is -0.395 e. The molecule has 0 saturated heterocycles. The largest absolute Gasteiger partial charge is 0.395 e. The maximum absolute atomic E-state index is 13.1. The van der Waals surface area contributed by atoms with Crippen LogP contribution in [0.2, 0.25) is 0 Å². The number of carbonyl (C=O) groups is 1. The van der Waals surface area contributed by atoms with E-state index >= 15 is 0 Å². The molecule has 0 aliphatic carbocycles. The van der Waals surface area contributed by atoms with Crippen molar-refractivity contribution in [3.05, 3.63) is 35.4 Å². The summed E-state index contributed by atoms with van der Waals surface area (Å²) in [6.45, 7) is 0.0323. The van der Waals surface area contributed by atoms with Gasteiger partial charge >= 0.3 is 0 Å². The molecule has 0 heterocycles. The Bertz CT molecular complexity index is 369. The summed E-state index contributed by atoms with van der Waals surface area (Å²) in [5.41, 5.74) is 0.180. The fraction of sp³-hybridized carbons (Fsp3) is 0.364. The maximum Gasteiger partial charge on any atom is 0.220 e. The number of hydrogen-bond acceptors (Lipinski definition) is 2. The van der Waals surface area contributed by atoms with Crippen molar-refractivity contribution in [1.29, 1.82) is 0 Å². The minimum absolute atomic E-state index is 0.0698. The van der Waals surface area contributed by atoms with Crippen molar-refractivity contribution in [2.24, 2.45) is 0 Å². The van der Waals surface area contributed by atoms with Crippen molar-refractivity contribution in [3.8, 4) is 0 Å². The van der Waals surface area contributed by atoms with Crippen molar-refractivity contribution in [2.75, 3.05) is 13.2 Å². The van der Waals surface area contributed by atoms with Crippen LogP contribution in [0.4, 0.5) is 8.78 Å². The Hall–Kier alpha value is -1.49. The molecule has 0 bridgehead atoms. The first-order valence-electron chi connectivity index (χ1n) is 4.95. The summed E-state index contributed by atoms with van der Waals surface area (Å²) in [7, 11) is 0. The van der Waals surface area contributed by atoms with E-state index in [9.17, 15) is 13.6 Å². The highest BCUT2D eigenvalue weighted by molar-refractivity contribution is 5.76. The Morgan fingerprint density at radius 1 is 1.38 bits per heavy atom. The average Bonchev–Trinajstić information content (AvgIpc) is 2.27. The molecule has 1 rings (SSSR count). The SMILES string of the molecule is O=C(CCc1cc(F)ccc1F)NCCO. The van der Waals surface area contributed by atoms with Gasteiger partial charge in [-0.25, -0.2) is 8.78 Å². The normalized spacial score (nSPS) is 10.2. The molecule has 0 fully saturated rings. The van der Waals surface area contributed by atoms with Gasteiger partial charge in [-0.15, -0.1) is 0 Å². The van der Waals surface area contributed by atoms with E-state index in [1.54, 1.807) is 0 Å². The number of nitrogens with one attached hydrogen (secondary N) is 1. The summed E-state index contributed by atoms with van der Waals surface area (Å²) in [5.74, 6) is -1.33. The molecule has 0 saturated carbocycles. The predicted molar refractivity (Wildman–Crippen MR) is 54.8 cm³/mol. The van der Waals surface area contributed by atoms with Crippen LogP contribution in [0, 0.1) is 11.6 Å². The number of amides is 1. The lowest BCUT2D eigenvalue weighted by molar-refractivity contribution is -0.121. The number of aryl methyl sites for hydroxylation is 1. The molecule has 1 aromatic rings. The second-order valence-corrected chi connectivity index (χ2v) is 3.31. The van der Waals surface area contributed by atoms with Gasteiger partial charge in [-0.1, -0.05) is 0 Å². The summed E-state index contributed by atoms with van der Waals surface area (Å²) in [6, 6.07) is 3.15. The number of aliphatic hydroxyl groups excluding tert-OH is 1. The van der Waals surface area contributed by atoms with Gasteiger partial charge in [-0.05, 0) is 30.2 Å². The third-order valence-corrected chi connectivity index (χ3v) is 2.06. The van der Waals surface area contributed by atoms with Crippen LogP contribution in [-0.2, 0) is 11.2 Å². The summed E-state index contributed by atoms with van der Waals surface area (Å²) in [5, 5.41) is 10.9. The number of hydrogen-bond donors (Lipinski definition) is 2. The Balaban J connectivity index is 2.47. The van der Waals surface area contributed by atoms with Gasteiger partial charge < -0.3 is 10.4 Å². The van der Waals surface area contributed by atoms with Crippen LogP contribution in [0.1, 0.15) is 12.0 Å². The Morgan fingerprint density at radius 3 is 2.81 bits per heavy atom. The summed E-state index contributed by atoms with van der Waals surface area (Å²) in [4.78, 5) is 11.1. The monoisotopic (exact) mass is 229 g/mol. The van der Waals surface area contributed by atoms with Gasteiger partial charge in [0.2, 0.25) is 5.91 Å². The number of carbonyl (C=O) groups excluding carboxylic acids is 1. The van der Waals surface area contributed by atoms with Gasteiger partial charge in [0, 0.05) is 13.0 Å². The van der Waals surface area contributed by atoms with Crippen LogP contribution in [0.15, 0.2) is 18.2 Å². The highest BCUT2D eigenvalue weighted by Gasteiger charge is 2.06. The number of aliphatic hydroxyl groups is 1. The van der Waals surface area contributed by atoms with Gasteiger partial charge in [0.25, 0.3) is 0 Å². The molecule has 0 spiro atoms. The molecule has 0 aromatic heterocycles. The van der Waals surface area contributed by atoms with Crippen LogP contribution >= 0.6 is 0 Å². The third-order valence-electron chi connectivity index (χ3n) is 2.06. The Morgan fingerprint density at radius 2 is 2.12 bits per heavy atom. The second kappa shape index (κ2) is 6.17. The van der Waals surface area contributed by atoms with Gasteiger partial charge in [-0.3, -0.25) is 4.79 Å². The van der Waals surface area contributed by atoms with Crippen LogP contribution < -0.4 is 5.32 Å². The average molecular weight is 229 g/mol. The number of halogens is 2. The zero-order chi connectivity index (χ0) is 12.0. The first-order valence-corrected chi connectivity index (χ1v) is 4.95. The van der Waals surface area contributed by atoms with Gasteiger partial charge in [0.15, 0.2) is 0 Å². The van der Waals surface area contributed by atoms with Gasteiger partial charge in [-0.2, -0.15) is 0 Å². The number of benzene rings is 1. The van der Waals surface area contributed by atoms with Crippen molar-refractivity contribution in [2.45, 2.75) is 12.8 Å². The van der Waals surface area contributed by atoms with E-state index in [-0.39, 0.29) is 37.5 Å². The van der Waals surface area contributed by atoms with E-state index in [2.05, 4.69) is 5.32 Å². The molecule has 3 nitrogen and oxygen atoms in total. The summed E-state index contributed by atoms with van der Waals surface area (Å²) in [6.07, 6.45) is 0.210. The molecule has 1 aromatic carbocycles. The quantitative estimate of drug-likeness (QED) is 0.791. The van der Waals surface area contributed by atoms with Crippen LogP contribution in [0.5, 0.6) is 0 Å². The molecule has 16 heavy (non-hydrogen) atoms. The minimum atomic E-state index is -0.521. The molecule has 0 aliphatic heterocycles. The molecule has 0 radical (unpaired) electrons. The molecule has 1 amide bonds. The third kappa shape index (κ3) is 3.94. The molecule has 0 aliphatic rings. The van der Waals surface area contributed by atoms with E-state index in [4.69, 9.17) is 5.11 Å². The van der Waals surface area contributed by atoms with Gasteiger partial charge in [0.1, 0.15) is 11.6 Å². The summed E-state index contributed by atoms with van der Waals surface area (Å²) >= 11 is 0. The van der Waals surface area contributed by atoms with Crippen molar-refractivity contribution in [1.82, 2.24) is 5.32 Å². The summed E-state index contributed by atoms with van der Waals surface area (Å²) < 4.78 is 25.9. The molecule has 88 valence electrons. The highest BCUT2D eigenvalue weighted by atomic mass is 19.1. The van der Waals surface area contributed by atoms with E-state index in [1.165, 1.54) is 0 Å². The van der Waals surface area contributed by atoms with E-state index in [1.807, 2.05) is 0 Å². The van der Waals surface area contributed by atoms with E-state index < -0.39 is 11.6 Å². The first-order chi connectivity index (χ1) is 7.63.